The Morgan fingerprint density at radius 3 is 2.52 bits per heavy atom. The summed E-state index contributed by atoms with van der Waals surface area (Å²) in [6, 6.07) is 17.7. The van der Waals surface area contributed by atoms with Gasteiger partial charge in [-0.25, -0.2) is 4.79 Å². The normalized spacial score (nSPS) is 22.7. The number of rotatable bonds is 4. The van der Waals surface area contributed by atoms with Crippen molar-refractivity contribution in [2.24, 2.45) is 0 Å². The van der Waals surface area contributed by atoms with Crippen molar-refractivity contribution in [2.75, 3.05) is 26.0 Å². The molecule has 1 saturated heterocycles. The van der Waals surface area contributed by atoms with Crippen LogP contribution < -0.4 is 5.32 Å². The molecule has 1 heterocycles. The van der Waals surface area contributed by atoms with Crippen LogP contribution in [-0.2, 0) is 4.74 Å². The van der Waals surface area contributed by atoms with Gasteiger partial charge in [0.25, 0.3) is 0 Å². The molecule has 27 heavy (non-hydrogen) atoms. The van der Waals surface area contributed by atoms with Crippen LogP contribution in [-0.4, -0.2) is 54.6 Å². The van der Waals surface area contributed by atoms with E-state index in [-0.39, 0.29) is 12.1 Å². The lowest BCUT2D eigenvalue weighted by Gasteiger charge is -2.45. The number of anilines is 1. The van der Waals surface area contributed by atoms with Gasteiger partial charge >= 0.3 is 6.09 Å². The van der Waals surface area contributed by atoms with Crippen molar-refractivity contribution in [1.82, 2.24) is 0 Å². The highest BCUT2D eigenvalue weighted by atomic mass is 16.6. The molecule has 0 radical (unpaired) electrons. The maximum atomic E-state index is 12.5. The second-order valence-corrected chi connectivity index (χ2v) is 7.90. The maximum Gasteiger partial charge on any atom is 0.411 e. The Hall–Kier alpha value is -2.37. The van der Waals surface area contributed by atoms with Gasteiger partial charge in [-0.05, 0) is 18.6 Å². The van der Waals surface area contributed by atoms with E-state index in [1.165, 1.54) is 0 Å². The number of piperidine rings is 1. The lowest BCUT2D eigenvalue weighted by Crippen LogP contribution is -2.59. The van der Waals surface area contributed by atoms with Crippen molar-refractivity contribution in [1.29, 1.82) is 0 Å². The quantitative estimate of drug-likeness (QED) is 0.804. The lowest BCUT2D eigenvalue weighted by atomic mass is 9.94. The number of para-hydroxylation sites is 1. The number of ether oxygens (including phenoxy) is 1. The smallest absolute Gasteiger partial charge is 0.411 e. The molecule has 2 aromatic carbocycles. The predicted molar refractivity (Wildman–Crippen MR) is 107 cm³/mol. The summed E-state index contributed by atoms with van der Waals surface area (Å²) in [5, 5.41) is 13.0. The van der Waals surface area contributed by atoms with E-state index >= 15 is 0 Å². The summed E-state index contributed by atoms with van der Waals surface area (Å²) in [5.41, 5.74) is 2.73. The van der Waals surface area contributed by atoms with Crippen LogP contribution in [0.3, 0.4) is 0 Å². The molecule has 1 fully saturated rings. The molecule has 5 heteroatoms. The average Bonchev–Trinajstić information content (AvgIpc) is 2.64. The van der Waals surface area contributed by atoms with E-state index in [1.54, 1.807) is 0 Å². The summed E-state index contributed by atoms with van der Waals surface area (Å²) in [4.78, 5) is 12.5. The number of quaternary nitrogens is 1. The van der Waals surface area contributed by atoms with Gasteiger partial charge in [0.1, 0.15) is 18.2 Å². The van der Waals surface area contributed by atoms with E-state index in [0.29, 0.717) is 6.42 Å². The van der Waals surface area contributed by atoms with Gasteiger partial charge in [0.15, 0.2) is 0 Å². The molecule has 0 bridgehead atoms. The molecule has 5 nitrogen and oxygen atoms in total. The number of benzene rings is 2. The minimum atomic E-state index is -0.445. The third-order valence-electron chi connectivity index (χ3n) is 5.51. The van der Waals surface area contributed by atoms with Crippen molar-refractivity contribution in [3.8, 4) is 11.1 Å². The number of nitrogens with one attached hydrogen (secondary N) is 1. The first-order valence-corrected chi connectivity index (χ1v) is 9.49. The Kier molecular flexibility index (Phi) is 5.82. The predicted octanol–water partition coefficient (Wildman–Crippen LogP) is 3.89. The number of aliphatic hydroxyl groups excluding tert-OH is 1. The second kappa shape index (κ2) is 8.11. The van der Waals surface area contributed by atoms with Gasteiger partial charge in [-0.3, -0.25) is 5.32 Å². The highest BCUT2D eigenvalue weighted by Gasteiger charge is 2.40. The fourth-order valence-corrected chi connectivity index (χ4v) is 3.96. The van der Waals surface area contributed by atoms with Crippen LogP contribution in [0.1, 0.15) is 19.8 Å². The summed E-state index contributed by atoms with van der Waals surface area (Å²) in [6.07, 6.45) is 0.399. The molecule has 1 aliphatic heterocycles. The molecule has 144 valence electrons. The third kappa shape index (κ3) is 4.67. The Labute approximate surface area is 161 Å². The van der Waals surface area contributed by atoms with Gasteiger partial charge in [0, 0.05) is 18.4 Å². The highest BCUT2D eigenvalue weighted by molar-refractivity contribution is 5.91. The van der Waals surface area contributed by atoms with Crippen molar-refractivity contribution < 1.29 is 19.1 Å². The third-order valence-corrected chi connectivity index (χ3v) is 5.51. The zero-order valence-corrected chi connectivity index (χ0v) is 16.3. The highest BCUT2D eigenvalue weighted by Crippen LogP contribution is 2.29. The first kappa shape index (κ1) is 19.4. The molecule has 2 N–H and O–H groups in total. The van der Waals surface area contributed by atoms with E-state index in [2.05, 4.69) is 19.4 Å². The maximum absolute atomic E-state index is 12.5. The summed E-state index contributed by atoms with van der Waals surface area (Å²) in [6.45, 7) is 2.68. The SMILES string of the molecule is C[C@H](O)[C@@H]1C[C@@H](OC(=O)Nc2ccccc2-c2ccccc2)CC[N+]1(C)C. The Balaban J connectivity index is 1.67. The lowest BCUT2D eigenvalue weighted by molar-refractivity contribution is -0.924. The van der Waals surface area contributed by atoms with Crippen LogP contribution in [0.5, 0.6) is 0 Å². The molecule has 0 saturated carbocycles. The zero-order valence-electron chi connectivity index (χ0n) is 16.3. The number of aliphatic hydroxyl groups is 1. The van der Waals surface area contributed by atoms with Crippen molar-refractivity contribution in [2.45, 2.75) is 38.0 Å². The van der Waals surface area contributed by atoms with Crippen LogP contribution in [0.2, 0.25) is 0 Å². The minimum absolute atomic E-state index is 0.0631. The summed E-state index contributed by atoms with van der Waals surface area (Å²) < 4.78 is 6.43. The number of amides is 1. The molecule has 0 aliphatic carbocycles. The van der Waals surface area contributed by atoms with E-state index in [9.17, 15) is 9.90 Å². The number of likely N-dealkylation sites (tertiary alicyclic amines) is 1. The van der Waals surface area contributed by atoms with Crippen molar-refractivity contribution >= 4 is 11.8 Å². The molecule has 3 rings (SSSR count). The minimum Gasteiger partial charge on any atom is -0.446 e. The van der Waals surface area contributed by atoms with Gasteiger partial charge in [0.2, 0.25) is 0 Å². The van der Waals surface area contributed by atoms with Crippen LogP contribution in [0, 0.1) is 0 Å². The van der Waals surface area contributed by atoms with Gasteiger partial charge in [-0.15, -0.1) is 0 Å². The van der Waals surface area contributed by atoms with Crippen molar-refractivity contribution in [3.05, 3.63) is 54.6 Å². The summed E-state index contributed by atoms with van der Waals surface area (Å²) >= 11 is 0. The Bertz CT molecular complexity index is 774. The molecule has 0 spiro atoms. The Morgan fingerprint density at radius 2 is 1.81 bits per heavy atom. The second-order valence-electron chi connectivity index (χ2n) is 7.90. The fourth-order valence-electron chi connectivity index (χ4n) is 3.96. The van der Waals surface area contributed by atoms with E-state index < -0.39 is 12.2 Å². The molecular weight excluding hydrogens is 340 g/mol. The van der Waals surface area contributed by atoms with Gasteiger partial charge < -0.3 is 14.3 Å². The molecule has 0 unspecified atom stereocenters. The van der Waals surface area contributed by atoms with Crippen LogP contribution in [0.4, 0.5) is 10.5 Å². The van der Waals surface area contributed by atoms with Gasteiger partial charge in [-0.1, -0.05) is 48.5 Å². The average molecular weight is 369 g/mol. The molecule has 1 amide bonds. The standard InChI is InChI=1S/C22H28N2O3/c1-16(25)21-15-18(13-14-24(21,2)3)27-22(26)23-20-12-8-7-11-19(20)17-9-5-4-6-10-17/h4-12,16,18,21,25H,13-15H2,1-3H3/p+1/t16-,18-,21-/m0/s1. The molecular formula is C22H29N2O3+. The molecule has 0 aromatic heterocycles. The number of hydrogen-bond donors (Lipinski definition) is 2. The summed E-state index contributed by atoms with van der Waals surface area (Å²) in [5.74, 6) is 0. The van der Waals surface area contributed by atoms with Crippen LogP contribution >= 0.6 is 0 Å². The van der Waals surface area contributed by atoms with Crippen LogP contribution in [0.15, 0.2) is 54.6 Å². The van der Waals surface area contributed by atoms with Crippen LogP contribution in [0.25, 0.3) is 11.1 Å². The largest absolute Gasteiger partial charge is 0.446 e. The van der Waals surface area contributed by atoms with E-state index in [0.717, 1.165) is 34.3 Å². The molecule has 1 aliphatic rings. The first-order chi connectivity index (χ1) is 12.9. The van der Waals surface area contributed by atoms with Crippen molar-refractivity contribution in [3.63, 3.8) is 0 Å². The zero-order chi connectivity index (χ0) is 19.4. The Morgan fingerprint density at radius 1 is 1.15 bits per heavy atom. The number of carbonyl (C=O) groups excluding carboxylic acids is 1. The number of carbonyl (C=O) groups is 1. The molecule has 2 aromatic rings. The topological polar surface area (TPSA) is 58.6 Å². The first-order valence-electron chi connectivity index (χ1n) is 9.49. The number of likely N-dealkylation sites (N-methyl/N-ethyl adjacent to an activating group) is 1. The number of hydrogen-bond acceptors (Lipinski definition) is 3. The number of nitrogens with zero attached hydrogens (tertiary/aromatic N) is 1. The van der Waals surface area contributed by atoms with Gasteiger partial charge in [-0.2, -0.15) is 0 Å². The van der Waals surface area contributed by atoms with Gasteiger partial charge in [0.05, 0.1) is 26.3 Å². The fraction of sp³-hybridized carbons (Fsp3) is 0.409. The van der Waals surface area contributed by atoms with E-state index in [1.807, 2.05) is 61.5 Å². The summed E-state index contributed by atoms with van der Waals surface area (Å²) in [7, 11) is 4.23. The molecule has 3 atom stereocenters. The van der Waals surface area contributed by atoms with E-state index in [4.69, 9.17) is 4.74 Å². The monoisotopic (exact) mass is 369 g/mol.